The molecule has 2 aromatic heterocycles. The van der Waals surface area contributed by atoms with Gasteiger partial charge in [0.25, 0.3) is 0 Å². The van der Waals surface area contributed by atoms with Crippen molar-refractivity contribution in [2.45, 2.75) is 46.1 Å². The van der Waals surface area contributed by atoms with Crippen molar-refractivity contribution < 1.29 is 4.74 Å². The topological polar surface area (TPSA) is 64.0 Å². The first-order valence-electron chi connectivity index (χ1n) is 8.18. The number of hydrogen-bond donors (Lipinski definition) is 0. The van der Waals surface area contributed by atoms with Gasteiger partial charge in [-0.2, -0.15) is 0 Å². The largest absolute Gasteiger partial charge is 0.473 e. The summed E-state index contributed by atoms with van der Waals surface area (Å²) in [5, 5.41) is 0. The molecule has 0 atom stereocenters. The molecule has 6 heteroatoms. The highest BCUT2D eigenvalue weighted by atomic mass is 16.5. The van der Waals surface area contributed by atoms with Crippen LogP contribution in [0.3, 0.4) is 0 Å². The normalized spacial score (nSPS) is 15.7. The van der Waals surface area contributed by atoms with E-state index in [1.165, 1.54) is 0 Å². The van der Waals surface area contributed by atoms with Gasteiger partial charge in [0.15, 0.2) is 0 Å². The summed E-state index contributed by atoms with van der Waals surface area (Å²) in [6, 6.07) is 2.08. The second-order valence-corrected chi connectivity index (χ2v) is 5.93. The molecule has 1 aliphatic rings. The highest BCUT2D eigenvalue weighted by Gasteiger charge is 2.22. The van der Waals surface area contributed by atoms with Crippen molar-refractivity contribution in [3.05, 3.63) is 35.7 Å². The van der Waals surface area contributed by atoms with Crippen molar-refractivity contribution in [2.75, 3.05) is 18.0 Å². The van der Waals surface area contributed by atoms with Gasteiger partial charge in [0.05, 0.1) is 11.4 Å². The molecular weight excluding hydrogens is 290 g/mol. The minimum absolute atomic E-state index is 0.188. The summed E-state index contributed by atoms with van der Waals surface area (Å²) >= 11 is 0. The van der Waals surface area contributed by atoms with E-state index >= 15 is 0 Å². The molecule has 6 nitrogen and oxygen atoms in total. The smallest absolute Gasteiger partial charge is 0.235 e. The average Bonchev–Trinajstić information content (AvgIpc) is 2.59. The second-order valence-electron chi connectivity index (χ2n) is 5.93. The van der Waals surface area contributed by atoms with Gasteiger partial charge in [0, 0.05) is 43.9 Å². The van der Waals surface area contributed by atoms with E-state index < -0.39 is 0 Å². The Balaban J connectivity index is 1.61. The molecule has 0 spiro atoms. The van der Waals surface area contributed by atoms with Gasteiger partial charge in [-0.25, -0.2) is 15.0 Å². The zero-order chi connectivity index (χ0) is 16.2. The van der Waals surface area contributed by atoms with Crippen LogP contribution in [0.1, 0.15) is 36.8 Å². The van der Waals surface area contributed by atoms with Crippen molar-refractivity contribution in [1.29, 1.82) is 0 Å². The number of ether oxygens (including phenoxy) is 1. The first-order chi connectivity index (χ1) is 11.2. The molecule has 0 radical (unpaired) electrons. The number of piperidine rings is 1. The Kier molecular flexibility index (Phi) is 4.69. The third-order valence-corrected chi connectivity index (χ3v) is 4.15. The SMILES string of the molecule is CCc1cc(N2CCC(Oc3nc(C)cnc3C)CC2)ncn1. The summed E-state index contributed by atoms with van der Waals surface area (Å²) in [5.74, 6) is 1.68. The van der Waals surface area contributed by atoms with E-state index in [1.54, 1.807) is 12.5 Å². The van der Waals surface area contributed by atoms with E-state index in [-0.39, 0.29) is 6.10 Å². The summed E-state index contributed by atoms with van der Waals surface area (Å²) < 4.78 is 6.06. The van der Waals surface area contributed by atoms with Crippen LogP contribution < -0.4 is 9.64 Å². The maximum absolute atomic E-state index is 6.06. The first kappa shape index (κ1) is 15.6. The fourth-order valence-electron chi connectivity index (χ4n) is 2.74. The highest BCUT2D eigenvalue weighted by Crippen LogP contribution is 2.22. The molecule has 0 N–H and O–H groups in total. The van der Waals surface area contributed by atoms with Crippen LogP contribution in [0.5, 0.6) is 5.88 Å². The van der Waals surface area contributed by atoms with E-state index in [2.05, 4.69) is 37.8 Å². The lowest BCUT2D eigenvalue weighted by Gasteiger charge is -2.32. The lowest BCUT2D eigenvalue weighted by Crippen LogP contribution is -2.39. The molecule has 122 valence electrons. The van der Waals surface area contributed by atoms with Crippen LogP contribution in [0.15, 0.2) is 18.6 Å². The summed E-state index contributed by atoms with van der Waals surface area (Å²) in [6.07, 6.45) is 6.46. The summed E-state index contributed by atoms with van der Waals surface area (Å²) in [5.41, 5.74) is 2.82. The third-order valence-electron chi connectivity index (χ3n) is 4.15. The molecule has 0 aliphatic carbocycles. The molecule has 1 fully saturated rings. The monoisotopic (exact) mass is 313 g/mol. The Bertz CT molecular complexity index is 668. The maximum Gasteiger partial charge on any atom is 0.235 e. The number of rotatable bonds is 4. The summed E-state index contributed by atoms with van der Waals surface area (Å²) in [7, 11) is 0. The van der Waals surface area contributed by atoms with Gasteiger partial charge in [0.1, 0.15) is 18.2 Å². The Labute approximate surface area is 137 Å². The third kappa shape index (κ3) is 3.75. The van der Waals surface area contributed by atoms with Gasteiger partial charge < -0.3 is 9.64 Å². The predicted molar refractivity (Wildman–Crippen MR) is 88.8 cm³/mol. The lowest BCUT2D eigenvalue weighted by molar-refractivity contribution is 0.161. The van der Waals surface area contributed by atoms with Gasteiger partial charge in [-0.05, 0) is 20.3 Å². The molecule has 1 aliphatic heterocycles. The van der Waals surface area contributed by atoms with Gasteiger partial charge in [-0.3, -0.25) is 4.98 Å². The van der Waals surface area contributed by atoms with E-state index in [4.69, 9.17) is 4.74 Å². The van der Waals surface area contributed by atoms with Gasteiger partial charge in [-0.15, -0.1) is 0 Å². The predicted octanol–water partition coefficient (Wildman–Crippen LogP) is 2.49. The summed E-state index contributed by atoms with van der Waals surface area (Å²) in [4.78, 5) is 19.7. The molecular formula is C17H23N5O. The molecule has 0 aromatic carbocycles. The Morgan fingerprint density at radius 1 is 1.17 bits per heavy atom. The van der Waals surface area contributed by atoms with Crippen molar-refractivity contribution >= 4 is 5.82 Å². The minimum Gasteiger partial charge on any atom is -0.473 e. The van der Waals surface area contributed by atoms with E-state index in [0.717, 1.165) is 55.3 Å². The van der Waals surface area contributed by atoms with Crippen molar-refractivity contribution in [1.82, 2.24) is 19.9 Å². The van der Waals surface area contributed by atoms with Gasteiger partial charge in [-0.1, -0.05) is 6.92 Å². The molecule has 3 heterocycles. The van der Waals surface area contributed by atoms with Gasteiger partial charge >= 0.3 is 0 Å². The molecule has 0 unspecified atom stereocenters. The number of aromatic nitrogens is 4. The van der Waals surface area contributed by atoms with Crippen molar-refractivity contribution in [2.24, 2.45) is 0 Å². The van der Waals surface area contributed by atoms with E-state index in [0.29, 0.717) is 5.88 Å². The average molecular weight is 313 g/mol. The number of nitrogens with zero attached hydrogens (tertiary/aromatic N) is 5. The van der Waals surface area contributed by atoms with Crippen LogP contribution in [0.25, 0.3) is 0 Å². The Morgan fingerprint density at radius 3 is 2.70 bits per heavy atom. The Morgan fingerprint density at radius 2 is 1.96 bits per heavy atom. The molecule has 23 heavy (non-hydrogen) atoms. The van der Waals surface area contributed by atoms with Crippen LogP contribution in [0.4, 0.5) is 5.82 Å². The van der Waals surface area contributed by atoms with Crippen LogP contribution in [0, 0.1) is 13.8 Å². The molecule has 2 aromatic rings. The van der Waals surface area contributed by atoms with Crippen LogP contribution in [-0.4, -0.2) is 39.1 Å². The quantitative estimate of drug-likeness (QED) is 0.864. The highest BCUT2D eigenvalue weighted by molar-refractivity contribution is 5.39. The number of anilines is 1. The van der Waals surface area contributed by atoms with Crippen LogP contribution >= 0.6 is 0 Å². The molecule has 1 saturated heterocycles. The fourth-order valence-corrected chi connectivity index (χ4v) is 2.74. The molecule has 0 saturated carbocycles. The van der Waals surface area contributed by atoms with E-state index in [9.17, 15) is 0 Å². The standard InChI is InChI=1S/C17H23N5O/c1-4-14-9-16(20-11-19-14)22-7-5-15(6-8-22)23-17-13(3)18-10-12(2)21-17/h9-11,15H,4-8H2,1-3H3. The number of hydrogen-bond acceptors (Lipinski definition) is 6. The zero-order valence-corrected chi connectivity index (χ0v) is 14.0. The van der Waals surface area contributed by atoms with E-state index in [1.807, 2.05) is 13.8 Å². The minimum atomic E-state index is 0.188. The van der Waals surface area contributed by atoms with Crippen molar-refractivity contribution in [3.8, 4) is 5.88 Å². The lowest BCUT2D eigenvalue weighted by atomic mass is 10.1. The Hall–Kier alpha value is -2.24. The summed E-state index contributed by atoms with van der Waals surface area (Å²) in [6.45, 7) is 7.84. The van der Waals surface area contributed by atoms with Gasteiger partial charge in [0.2, 0.25) is 5.88 Å². The van der Waals surface area contributed by atoms with Crippen LogP contribution in [0.2, 0.25) is 0 Å². The zero-order valence-electron chi connectivity index (χ0n) is 14.0. The molecule has 0 amide bonds. The fraction of sp³-hybridized carbons (Fsp3) is 0.529. The maximum atomic E-state index is 6.06. The molecule has 3 rings (SSSR count). The molecule has 0 bridgehead atoms. The number of aryl methyl sites for hydroxylation is 3. The first-order valence-corrected chi connectivity index (χ1v) is 8.18. The second kappa shape index (κ2) is 6.89. The van der Waals surface area contributed by atoms with Crippen molar-refractivity contribution in [3.63, 3.8) is 0 Å². The van der Waals surface area contributed by atoms with Crippen LogP contribution in [-0.2, 0) is 6.42 Å².